The molecule has 1 amide bonds. The van der Waals surface area contributed by atoms with E-state index in [9.17, 15) is 4.79 Å². The van der Waals surface area contributed by atoms with Gasteiger partial charge >= 0.3 is 0 Å². The number of carbonyl (C=O) groups is 1. The Morgan fingerprint density at radius 1 is 1.47 bits per heavy atom. The van der Waals surface area contributed by atoms with Gasteiger partial charge in [-0.3, -0.25) is 9.78 Å². The van der Waals surface area contributed by atoms with Crippen molar-refractivity contribution in [1.82, 2.24) is 9.88 Å². The first-order valence-corrected chi connectivity index (χ1v) is 6.13. The molecule has 4 heteroatoms. The van der Waals surface area contributed by atoms with Gasteiger partial charge in [0, 0.05) is 32.0 Å². The summed E-state index contributed by atoms with van der Waals surface area (Å²) in [6.07, 6.45) is 6.36. The maximum absolute atomic E-state index is 12.2. The Labute approximate surface area is 102 Å². The molecule has 0 radical (unpaired) electrons. The minimum absolute atomic E-state index is 0.0222. The molecule has 1 fully saturated rings. The number of aromatic nitrogens is 1. The van der Waals surface area contributed by atoms with Crippen LogP contribution in [0.5, 0.6) is 0 Å². The van der Waals surface area contributed by atoms with Gasteiger partial charge in [0.2, 0.25) is 0 Å². The molecule has 17 heavy (non-hydrogen) atoms. The minimum atomic E-state index is 0.0222. The van der Waals surface area contributed by atoms with Gasteiger partial charge in [0.1, 0.15) is 5.69 Å². The Bertz CT molecular complexity index is 399. The third-order valence-electron chi connectivity index (χ3n) is 3.46. The summed E-state index contributed by atoms with van der Waals surface area (Å²) in [5, 5.41) is 3.02. The molecule has 1 aromatic heterocycles. The fourth-order valence-corrected chi connectivity index (χ4v) is 2.34. The smallest absolute Gasteiger partial charge is 0.272 e. The topological polar surface area (TPSA) is 45.2 Å². The van der Waals surface area contributed by atoms with E-state index in [4.69, 9.17) is 0 Å². The normalized spacial score (nSPS) is 15.9. The van der Waals surface area contributed by atoms with Gasteiger partial charge in [-0.2, -0.15) is 0 Å². The highest BCUT2D eigenvalue weighted by Gasteiger charge is 2.24. The second-order valence-corrected chi connectivity index (χ2v) is 4.53. The number of anilines is 1. The van der Waals surface area contributed by atoms with Crippen molar-refractivity contribution in [1.29, 1.82) is 0 Å². The lowest BCUT2D eigenvalue weighted by molar-refractivity contribution is 0.0729. The van der Waals surface area contributed by atoms with Crippen molar-refractivity contribution in [3.05, 3.63) is 24.0 Å². The molecular formula is C13H19N3O. The number of hydrogen-bond donors (Lipinski definition) is 1. The van der Waals surface area contributed by atoms with E-state index < -0.39 is 0 Å². The highest BCUT2D eigenvalue weighted by Crippen LogP contribution is 2.23. The zero-order chi connectivity index (χ0) is 12.3. The quantitative estimate of drug-likeness (QED) is 0.870. The van der Waals surface area contributed by atoms with Crippen LogP contribution in [-0.4, -0.2) is 35.9 Å². The molecule has 1 heterocycles. The molecule has 1 aliphatic rings. The Balaban J connectivity index is 2.12. The molecule has 1 aromatic rings. The molecule has 2 rings (SSSR count). The van der Waals surface area contributed by atoms with Crippen LogP contribution in [0.15, 0.2) is 18.3 Å². The zero-order valence-electron chi connectivity index (χ0n) is 10.4. The second-order valence-electron chi connectivity index (χ2n) is 4.53. The monoisotopic (exact) mass is 233 g/mol. The Morgan fingerprint density at radius 3 is 2.82 bits per heavy atom. The van der Waals surface area contributed by atoms with Gasteiger partial charge in [0.05, 0.1) is 0 Å². The van der Waals surface area contributed by atoms with Gasteiger partial charge < -0.3 is 10.2 Å². The fourth-order valence-electron chi connectivity index (χ4n) is 2.34. The molecular weight excluding hydrogens is 214 g/mol. The highest BCUT2D eigenvalue weighted by atomic mass is 16.2. The maximum Gasteiger partial charge on any atom is 0.272 e. The van der Waals surface area contributed by atoms with Crippen LogP contribution in [-0.2, 0) is 0 Å². The number of hydrogen-bond acceptors (Lipinski definition) is 3. The summed E-state index contributed by atoms with van der Waals surface area (Å²) in [6.45, 7) is 0. The number of pyridine rings is 1. The minimum Gasteiger partial charge on any atom is -0.388 e. The summed E-state index contributed by atoms with van der Waals surface area (Å²) >= 11 is 0. The summed E-state index contributed by atoms with van der Waals surface area (Å²) in [6, 6.07) is 4.04. The molecule has 1 saturated carbocycles. The van der Waals surface area contributed by atoms with E-state index in [1.165, 1.54) is 12.8 Å². The number of nitrogens with one attached hydrogen (secondary N) is 1. The third-order valence-corrected chi connectivity index (χ3v) is 3.46. The molecule has 0 aliphatic heterocycles. The first-order valence-electron chi connectivity index (χ1n) is 6.13. The van der Waals surface area contributed by atoms with Gasteiger partial charge in [-0.1, -0.05) is 12.8 Å². The van der Waals surface area contributed by atoms with Crippen molar-refractivity contribution in [2.24, 2.45) is 0 Å². The molecule has 0 spiro atoms. The van der Waals surface area contributed by atoms with E-state index in [2.05, 4.69) is 10.3 Å². The maximum atomic E-state index is 12.2. The fraction of sp³-hybridized carbons (Fsp3) is 0.538. The summed E-state index contributed by atoms with van der Waals surface area (Å²) in [4.78, 5) is 18.2. The predicted octanol–water partition coefficient (Wildman–Crippen LogP) is 2.14. The van der Waals surface area contributed by atoms with E-state index in [0.29, 0.717) is 11.7 Å². The molecule has 4 nitrogen and oxygen atoms in total. The van der Waals surface area contributed by atoms with Crippen molar-refractivity contribution in [3.63, 3.8) is 0 Å². The number of nitrogens with zero attached hydrogens (tertiary/aromatic N) is 2. The molecule has 0 atom stereocenters. The molecule has 0 unspecified atom stereocenters. The molecule has 1 aliphatic carbocycles. The van der Waals surface area contributed by atoms with Gasteiger partial charge in [0.15, 0.2) is 0 Å². The SMILES string of the molecule is CNc1ccnc(C(=O)N(C)C2CCCC2)c1. The van der Waals surface area contributed by atoms with Crippen LogP contribution in [0.1, 0.15) is 36.2 Å². The van der Waals surface area contributed by atoms with Crippen molar-refractivity contribution >= 4 is 11.6 Å². The van der Waals surface area contributed by atoms with Crippen LogP contribution in [0.2, 0.25) is 0 Å². The molecule has 0 aromatic carbocycles. The molecule has 1 N–H and O–H groups in total. The Morgan fingerprint density at radius 2 is 2.18 bits per heavy atom. The largest absolute Gasteiger partial charge is 0.388 e. The average molecular weight is 233 g/mol. The second kappa shape index (κ2) is 5.17. The van der Waals surface area contributed by atoms with E-state index in [0.717, 1.165) is 18.5 Å². The highest BCUT2D eigenvalue weighted by molar-refractivity contribution is 5.93. The summed E-state index contributed by atoms with van der Waals surface area (Å²) < 4.78 is 0. The predicted molar refractivity (Wildman–Crippen MR) is 68.1 cm³/mol. The summed E-state index contributed by atoms with van der Waals surface area (Å²) in [5.74, 6) is 0.0222. The summed E-state index contributed by atoms with van der Waals surface area (Å²) in [7, 11) is 3.72. The Hall–Kier alpha value is -1.58. The van der Waals surface area contributed by atoms with Gasteiger partial charge in [-0.25, -0.2) is 0 Å². The van der Waals surface area contributed by atoms with Gasteiger partial charge in [-0.15, -0.1) is 0 Å². The lowest BCUT2D eigenvalue weighted by Gasteiger charge is -2.23. The van der Waals surface area contributed by atoms with E-state index in [1.807, 2.05) is 25.1 Å². The standard InChI is InChI=1S/C13H19N3O/c1-14-10-7-8-15-12(9-10)13(17)16(2)11-5-3-4-6-11/h7-9,11H,3-6H2,1-2H3,(H,14,15). The van der Waals surface area contributed by atoms with Crippen molar-refractivity contribution in [2.45, 2.75) is 31.7 Å². The molecule has 0 saturated heterocycles. The van der Waals surface area contributed by atoms with Crippen LogP contribution in [0, 0.1) is 0 Å². The summed E-state index contributed by atoms with van der Waals surface area (Å²) in [5.41, 5.74) is 1.44. The van der Waals surface area contributed by atoms with Crippen LogP contribution >= 0.6 is 0 Å². The van der Waals surface area contributed by atoms with Crippen LogP contribution in [0.4, 0.5) is 5.69 Å². The van der Waals surface area contributed by atoms with Crippen LogP contribution < -0.4 is 5.32 Å². The van der Waals surface area contributed by atoms with Crippen molar-refractivity contribution in [2.75, 3.05) is 19.4 Å². The first kappa shape index (κ1) is 11.9. The molecule has 92 valence electrons. The number of rotatable bonds is 3. The average Bonchev–Trinajstić information content (AvgIpc) is 2.91. The van der Waals surface area contributed by atoms with Crippen molar-refractivity contribution < 1.29 is 4.79 Å². The number of amides is 1. The van der Waals surface area contributed by atoms with E-state index >= 15 is 0 Å². The van der Waals surface area contributed by atoms with E-state index in [1.54, 1.807) is 12.3 Å². The van der Waals surface area contributed by atoms with Gasteiger partial charge in [0.25, 0.3) is 5.91 Å². The Kier molecular flexibility index (Phi) is 3.61. The van der Waals surface area contributed by atoms with Crippen LogP contribution in [0.25, 0.3) is 0 Å². The van der Waals surface area contributed by atoms with Crippen LogP contribution in [0.3, 0.4) is 0 Å². The molecule has 0 bridgehead atoms. The zero-order valence-corrected chi connectivity index (χ0v) is 10.4. The van der Waals surface area contributed by atoms with Gasteiger partial charge in [-0.05, 0) is 25.0 Å². The lowest BCUT2D eigenvalue weighted by Crippen LogP contribution is -2.35. The lowest BCUT2D eigenvalue weighted by atomic mass is 10.2. The first-order chi connectivity index (χ1) is 8.22. The third kappa shape index (κ3) is 2.57. The number of carbonyl (C=O) groups excluding carboxylic acids is 1. The van der Waals surface area contributed by atoms with Crippen molar-refractivity contribution in [3.8, 4) is 0 Å². The van der Waals surface area contributed by atoms with E-state index in [-0.39, 0.29) is 5.91 Å².